The van der Waals surface area contributed by atoms with Gasteiger partial charge in [0.25, 0.3) is 0 Å². The Balaban J connectivity index is 1.84. The highest BCUT2D eigenvalue weighted by molar-refractivity contribution is 8.03. The quantitative estimate of drug-likeness (QED) is 0.918. The van der Waals surface area contributed by atoms with Gasteiger partial charge in [0.2, 0.25) is 0 Å². The maximum atomic E-state index is 4.48. The standard InChI is InChI=1S/C14H22N2S2/c1-11-4-3-5-15-14(11)8-12(2)16-13-9-17-6-7-18-10-13/h3-5,12-13,16H,6-10H2,1-2H3. The fraction of sp³-hybridized carbons (Fsp3) is 0.643. The summed E-state index contributed by atoms with van der Waals surface area (Å²) in [5.41, 5.74) is 2.53. The summed E-state index contributed by atoms with van der Waals surface area (Å²) in [5, 5.41) is 3.75. The average Bonchev–Trinajstić information content (AvgIpc) is 2.61. The Bertz CT molecular complexity index is 363. The van der Waals surface area contributed by atoms with Crippen molar-refractivity contribution in [2.75, 3.05) is 23.0 Å². The molecule has 0 aliphatic carbocycles. The number of aryl methyl sites for hydroxylation is 1. The smallest absolute Gasteiger partial charge is 0.0448 e. The first-order valence-corrected chi connectivity index (χ1v) is 8.88. The minimum atomic E-state index is 0.503. The van der Waals surface area contributed by atoms with Crippen LogP contribution in [0, 0.1) is 6.92 Å². The molecule has 2 nitrogen and oxygen atoms in total. The summed E-state index contributed by atoms with van der Waals surface area (Å²) in [6.45, 7) is 4.42. The zero-order valence-corrected chi connectivity index (χ0v) is 12.8. The van der Waals surface area contributed by atoms with Gasteiger partial charge in [0.05, 0.1) is 0 Å². The van der Waals surface area contributed by atoms with Gasteiger partial charge in [-0.1, -0.05) is 6.07 Å². The van der Waals surface area contributed by atoms with Crippen LogP contribution in [0.4, 0.5) is 0 Å². The first-order chi connectivity index (χ1) is 8.75. The monoisotopic (exact) mass is 282 g/mol. The molecule has 0 saturated carbocycles. The topological polar surface area (TPSA) is 24.9 Å². The summed E-state index contributed by atoms with van der Waals surface area (Å²) in [4.78, 5) is 4.48. The van der Waals surface area contributed by atoms with Crippen LogP contribution in [0.2, 0.25) is 0 Å². The van der Waals surface area contributed by atoms with Gasteiger partial charge in [0.1, 0.15) is 0 Å². The lowest BCUT2D eigenvalue weighted by Gasteiger charge is -2.21. The maximum absolute atomic E-state index is 4.48. The second-order valence-corrected chi connectivity index (χ2v) is 7.19. The average molecular weight is 282 g/mol. The van der Waals surface area contributed by atoms with Crippen molar-refractivity contribution >= 4 is 23.5 Å². The molecule has 1 N–H and O–H groups in total. The Kier molecular flexibility index (Phi) is 5.86. The predicted octanol–water partition coefficient (Wildman–Crippen LogP) is 2.76. The SMILES string of the molecule is Cc1cccnc1CC(C)NC1CSCCSC1. The Morgan fingerprint density at radius 1 is 1.39 bits per heavy atom. The lowest BCUT2D eigenvalue weighted by Crippen LogP contribution is -2.41. The zero-order valence-electron chi connectivity index (χ0n) is 11.2. The molecule has 1 fully saturated rings. The highest BCUT2D eigenvalue weighted by Gasteiger charge is 2.15. The second-order valence-electron chi connectivity index (χ2n) is 4.89. The Morgan fingerprint density at radius 2 is 2.11 bits per heavy atom. The summed E-state index contributed by atoms with van der Waals surface area (Å²) in [6, 6.07) is 5.31. The first-order valence-electron chi connectivity index (χ1n) is 6.57. The molecule has 1 aliphatic rings. The number of hydrogen-bond acceptors (Lipinski definition) is 4. The van der Waals surface area contributed by atoms with Crippen molar-refractivity contribution in [3.63, 3.8) is 0 Å². The van der Waals surface area contributed by atoms with E-state index in [9.17, 15) is 0 Å². The van der Waals surface area contributed by atoms with Gasteiger partial charge in [0.15, 0.2) is 0 Å². The lowest BCUT2D eigenvalue weighted by molar-refractivity contribution is 0.492. The van der Waals surface area contributed by atoms with Crippen molar-refractivity contribution in [1.82, 2.24) is 10.3 Å². The van der Waals surface area contributed by atoms with Crippen LogP contribution in [-0.4, -0.2) is 40.1 Å². The molecule has 0 amide bonds. The first kappa shape index (κ1) is 14.2. The fourth-order valence-corrected chi connectivity index (χ4v) is 4.62. The number of thioether (sulfide) groups is 2. The van der Waals surface area contributed by atoms with Crippen LogP contribution in [0.5, 0.6) is 0 Å². The van der Waals surface area contributed by atoms with Crippen molar-refractivity contribution < 1.29 is 0 Å². The van der Waals surface area contributed by atoms with Crippen molar-refractivity contribution in [3.05, 3.63) is 29.6 Å². The molecule has 1 saturated heterocycles. The number of hydrogen-bond donors (Lipinski definition) is 1. The third-order valence-corrected chi connectivity index (χ3v) is 5.67. The van der Waals surface area contributed by atoms with Crippen molar-refractivity contribution in [1.29, 1.82) is 0 Å². The van der Waals surface area contributed by atoms with Gasteiger partial charge in [0, 0.05) is 53.4 Å². The minimum absolute atomic E-state index is 0.503. The molecule has 1 unspecified atom stereocenters. The maximum Gasteiger partial charge on any atom is 0.0448 e. The minimum Gasteiger partial charge on any atom is -0.309 e. The van der Waals surface area contributed by atoms with E-state index in [0.717, 1.165) is 6.42 Å². The molecule has 1 aromatic rings. The van der Waals surface area contributed by atoms with Crippen molar-refractivity contribution in [2.24, 2.45) is 0 Å². The summed E-state index contributed by atoms with van der Waals surface area (Å²) < 4.78 is 0. The Labute approximate surface area is 119 Å². The molecule has 0 radical (unpaired) electrons. The zero-order chi connectivity index (χ0) is 12.8. The molecule has 1 atom stereocenters. The van der Waals surface area contributed by atoms with E-state index < -0.39 is 0 Å². The third-order valence-electron chi connectivity index (χ3n) is 3.15. The van der Waals surface area contributed by atoms with Crippen LogP contribution in [0.25, 0.3) is 0 Å². The molecular weight excluding hydrogens is 260 g/mol. The van der Waals surface area contributed by atoms with E-state index in [1.165, 1.54) is 34.3 Å². The fourth-order valence-electron chi connectivity index (χ4n) is 2.20. The molecule has 0 bridgehead atoms. The summed E-state index contributed by atoms with van der Waals surface area (Å²) in [7, 11) is 0. The summed E-state index contributed by atoms with van der Waals surface area (Å²) in [6.07, 6.45) is 2.92. The number of nitrogens with one attached hydrogen (secondary N) is 1. The van der Waals surface area contributed by atoms with Crippen molar-refractivity contribution in [3.8, 4) is 0 Å². The van der Waals surface area contributed by atoms with Gasteiger partial charge in [-0.05, 0) is 25.5 Å². The number of nitrogens with zero attached hydrogens (tertiary/aromatic N) is 1. The molecule has 1 aromatic heterocycles. The normalized spacial score (nSPS) is 19.4. The van der Waals surface area contributed by atoms with Crippen LogP contribution in [0.1, 0.15) is 18.2 Å². The number of aromatic nitrogens is 1. The third kappa shape index (κ3) is 4.48. The Hall–Kier alpha value is -0.190. The predicted molar refractivity (Wildman–Crippen MR) is 83.7 cm³/mol. The number of rotatable bonds is 4. The molecule has 100 valence electrons. The van der Waals surface area contributed by atoms with E-state index in [2.05, 4.69) is 53.7 Å². The van der Waals surface area contributed by atoms with E-state index in [4.69, 9.17) is 0 Å². The summed E-state index contributed by atoms with van der Waals surface area (Å²) in [5.74, 6) is 5.10. The van der Waals surface area contributed by atoms with E-state index >= 15 is 0 Å². The highest BCUT2D eigenvalue weighted by atomic mass is 32.2. The largest absolute Gasteiger partial charge is 0.309 e. The highest BCUT2D eigenvalue weighted by Crippen LogP contribution is 2.17. The number of pyridine rings is 1. The van der Waals surface area contributed by atoms with E-state index in [1.54, 1.807) is 0 Å². The molecule has 1 aliphatic heterocycles. The molecule has 18 heavy (non-hydrogen) atoms. The van der Waals surface area contributed by atoms with Gasteiger partial charge in [-0.3, -0.25) is 4.98 Å². The molecular formula is C14H22N2S2. The van der Waals surface area contributed by atoms with Gasteiger partial charge in [-0.15, -0.1) is 0 Å². The lowest BCUT2D eigenvalue weighted by atomic mass is 10.1. The van der Waals surface area contributed by atoms with Gasteiger partial charge in [-0.2, -0.15) is 23.5 Å². The van der Waals surface area contributed by atoms with Crippen LogP contribution >= 0.6 is 23.5 Å². The van der Waals surface area contributed by atoms with Crippen LogP contribution < -0.4 is 5.32 Å². The summed E-state index contributed by atoms with van der Waals surface area (Å²) >= 11 is 4.15. The van der Waals surface area contributed by atoms with E-state index in [1.807, 2.05) is 12.3 Å². The molecule has 2 heterocycles. The molecule has 2 rings (SSSR count). The van der Waals surface area contributed by atoms with E-state index in [-0.39, 0.29) is 0 Å². The molecule has 4 heteroatoms. The molecule has 0 spiro atoms. The van der Waals surface area contributed by atoms with Gasteiger partial charge >= 0.3 is 0 Å². The second kappa shape index (κ2) is 7.41. The van der Waals surface area contributed by atoms with Crippen LogP contribution in [-0.2, 0) is 6.42 Å². The van der Waals surface area contributed by atoms with Crippen LogP contribution in [0.15, 0.2) is 18.3 Å². The molecule has 0 aromatic carbocycles. The Morgan fingerprint density at radius 3 is 2.78 bits per heavy atom. The van der Waals surface area contributed by atoms with Crippen molar-refractivity contribution in [2.45, 2.75) is 32.4 Å². The van der Waals surface area contributed by atoms with Gasteiger partial charge < -0.3 is 5.32 Å². The van der Waals surface area contributed by atoms with E-state index in [0.29, 0.717) is 12.1 Å². The van der Waals surface area contributed by atoms with Crippen LogP contribution in [0.3, 0.4) is 0 Å². The van der Waals surface area contributed by atoms with Gasteiger partial charge in [-0.25, -0.2) is 0 Å².